The molecule has 0 aliphatic rings. The zero-order valence-electron chi connectivity index (χ0n) is 13.8. The second kappa shape index (κ2) is 8.52. The first-order valence-corrected chi connectivity index (χ1v) is 9.44. The van der Waals surface area contributed by atoms with E-state index in [0.717, 1.165) is 6.26 Å². The van der Waals surface area contributed by atoms with Gasteiger partial charge in [-0.25, -0.2) is 8.42 Å². The average molecular weight is 363 g/mol. The summed E-state index contributed by atoms with van der Waals surface area (Å²) < 4.78 is 29.9. The van der Waals surface area contributed by atoms with Crippen molar-refractivity contribution in [3.63, 3.8) is 0 Å². The number of amides is 1. The fourth-order valence-electron chi connectivity index (χ4n) is 1.89. The molecule has 6 nitrogen and oxygen atoms in total. The number of nitrogens with one attached hydrogen (secondary N) is 1. The highest BCUT2D eigenvalue weighted by Crippen LogP contribution is 2.27. The van der Waals surface area contributed by atoms with Crippen molar-refractivity contribution < 1.29 is 17.9 Å². The van der Waals surface area contributed by atoms with Gasteiger partial charge in [0.25, 0.3) is 0 Å². The Labute approximate surface area is 142 Å². The minimum atomic E-state index is -3.46. The maximum Gasteiger partial charge on any atom is 0.239 e. The van der Waals surface area contributed by atoms with Crippen molar-refractivity contribution in [1.82, 2.24) is 4.31 Å². The van der Waals surface area contributed by atoms with Crippen molar-refractivity contribution in [2.75, 3.05) is 31.8 Å². The zero-order valence-corrected chi connectivity index (χ0v) is 15.4. The molecule has 1 amide bonds. The molecule has 23 heavy (non-hydrogen) atoms. The average Bonchev–Trinajstić information content (AvgIpc) is 2.42. The third kappa shape index (κ3) is 6.76. The van der Waals surface area contributed by atoms with Gasteiger partial charge >= 0.3 is 0 Å². The molecule has 1 aromatic carbocycles. The minimum absolute atomic E-state index is 0.249. The van der Waals surface area contributed by atoms with Crippen LogP contribution >= 0.6 is 11.6 Å². The van der Waals surface area contributed by atoms with E-state index in [1.54, 1.807) is 18.2 Å². The van der Waals surface area contributed by atoms with Crippen LogP contribution in [0.1, 0.15) is 20.3 Å². The molecule has 0 saturated heterocycles. The fraction of sp³-hybridized carbons (Fsp3) is 0.533. The number of anilines is 1. The first-order chi connectivity index (χ1) is 10.6. The summed E-state index contributed by atoms with van der Waals surface area (Å²) in [5, 5.41) is 3.08. The highest BCUT2D eigenvalue weighted by atomic mass is 35.5. The summed E-state index contributed by atoms with van der Waals surface area (Å²) in [6.07, 6.45) is 1.78. The Morgan fingerprint density at radius 1 is 1.39 bits per heavy atom. The van der Waals surface area contributed by atoms with Gasteiger partial charge < -0.3 is 10.1 Å². The van der Waals surface area contributed by atoms with Gasteiger partial charge in [0.05, 0.1) is 25.6 Å². The molecule has 1 N–H and O–H groups in total. The topological polar surface area (TPSA) is 75.7 Å². The van der Waals surface area contributed by atoms with Gasteiger partial charge in [-0.05, 0) is 30.5 Å². The third-order valence-electron chi connectivity index (χ3n) is 3.18. The molecule has 0 heterocycles. The van der Waals surface area contributed by atoms with Crippen LogP contribution in [0.4, 0.5) is 5.69 Å². The van der Waals surface area contributed by atoms with Crippen molar-refractivity contribution in [2.24, 2.45) is 5.92 Å². The van der Waals surface area contributed by atoms with E-state index in [2.05, 4.69) is 5.32 Å². The maximum absolute atomic E-state index is 12.2. The summed E-state index contributed by atoms with van der Waals surface area (Å²) in [6, 6.07) is 4.82. The van der Waals surface area contributed by atoms with E-state index >= 15 is 0 Å². The number of carbonyl (C=O) groups excluding carboxylic acids is 1. The Morgan fingerprint density at radius 3 is 2.57 bits per heavy atom. The molecule has 130 valence electrons. The minimum Gasteiger partial charge on any atom is -0.495 e. The van der Waals surface area contributed by atoms with Crippen LogP contribution in [0.3, 0.4) is 0 Å². The SMILES string of the molecule is COc1ccc(Cl)cc1NC(=O)CN(CCC(C)C)S(C)(=O)=O. The summed E-state index contributed by atoms with van der Waals surface area (Å²) in [6.45, 7) is 4.05. The Hall–Kier alpha value is -1.31. The standard InChI is InChI=1S/C15H23ClN2O4S/c1-11(2)7-8-18(23(4,20)21)10-15(19)17-13-9-12(16)5-6-14(13)22-3/h5-6,9,11H,7-8,10H2,1-4H3,(H,17,19). The lowest BCUT2D eigenvalue weighted by molar-refractivity contribution is -0.116. The fourth-order valence-corrected chi connectivity index (χ4v) is 2.85. The highest BCUT2D eigenvalue weighted by molar-refractivity contribution is 7.88. The quantitative estimate of drug-likeness (QED) is 0.771. The summed E-state index contributed by atoms with van der Waals surface area (Å²) >= 11 is 5.91. The molecule has 0 unspecified atom stereocenters. The molecule has 0 fully saturated rings. The van der Waals surface area contributed by atoms with Crippen molar-refractivity contribution >= 4 is 33.2 Å². The summed E-state index contributed by atoms with van der Waals surface area (Å²) in [4.78, 5) is 12.2. The van der Waals surface area contributed by atoms with E-state index in [4.69, 9.17) is 16.3 Å². The van der Waals surface area contributed by atoms with Gasteiger partial charge in [-0.15, -0.1) is 0 Å². The molecule has 0 atom stereocenters. The van der Waals surface area contributed by atoms with E-state index in [1.165, 1.54) is 11.4 Å². The molecule has 0 radical (unpaired) electrons. The van der Waals surface area contributed by atoms with Crippen LogP contribution in [0.5, 0.6) is 5.75 Å². The second-order valence-electron chi connectivity index (χ2n) is 5.67. The molecule has 0 aromatic heterocycles. The molecule has 8 heteroatoms. The van der Waals surface area contributed by atoms with Crippen molar-refractivity contribution in [3.05, 3.63) is 23.2 Å². The lowest BCUT2D eigenvalue weighted by Crippen LogP contribution is -2.38. The van der Waals surface area contributed by atoms with E-state index < -0.39 is 15.9 Å². The van der Waals surface area contributed by atoms with E-state index in [1.807, 2.05) is 13.8 Å². The van der Waals surface area contributed by atoms with Crippen LogP contribution in [-0.2, 0) is 14.8 Å². The van der Waals surface area contributed by atoms with Gasteiger partial charge in [0.1, 0.15) is 5.75 Å². The monoisotopic (exact) mass is 362 g/mol. The molecular formula is C15H23ClN2O4S. The van der Waals surface area contributed by atoms with E-state index in [0.29, 0.717) is 35.3 Å². The predicted molar refractivity (Wildman–Crippen MR) is 92.5 cm³/mol. The maximum atomic E-state index is 12.2. The summed E-state index contributed by atoms with van der Waals surface area (Å²) in [5.41, 5.74) is 0.405. The summed E-state index contributed by atoms with van der Waals surface area (Å²) in [5.74, 6) is 0.353. The highest BCUT2D eigenvalue weighted by Gasteiger charge is 2.21. The number of methoxy groups -OCH3 is 1. The predicted octanol–water partition coefficient (Wildman–Crippen LogP) is 2.59. The molecule has 0 aliphatic carbocycles. The third-order valence-corrected chi connectivity index (χ3v) is 4.67. The first kappa shape index (κ1) is 19.7. The number of nitrogens with zero attached hydrogens (tertiary/aromatic N) is 1. The van der Waals surface area contributed by atoms with Crippen LogP contribution in [-0.4, -0.2) is 45.1 Å². The second-order valence-corrected chi connectivity index (χ2v) is 8.09. The number of hydrogen-bond donors (Lipinski definition) is 1. The molecule has 1 aromatic rings. The molecule has 0 spiro atoms. The van der Waals surface area contributed by atoms with Gasteiger partial charge in [0.15, 0.2) is 0 Å². The van der Waals surface area contributed by atoms with Crippen molar-refractivity contribution in [2.45, 2.75) is 20.3 Å². The number of sulfonamides is 1. The summed E-state index contributed by atoms with van der Waals surface area (Å²) in [7, 11) is -1.98. The Balaban J connectivity index is 2.82. The Kier molecular flexibility index (Phi) is 7.31. The number of carbonyl (C=O) groups is 1. The van der Waals surface area contributed by atoms with Gasteiger partial charge in [0.2, 0.25) is 15.9 Å². The number of ether oxygens (including phenoxy) is 1. The largest absolute Gasteiger partial charge is 0.495 e. The number of benzene rings is 1. The van der Waals surface area contributed by atoms with Gasteiger partial charge in [-0.1, -0.05) is 25.4 Å². The Morgan fingerprint density at radius 2 is 2.04 bits per heavy atom. The lowest BCUT2D eigenvalue weighted by Gasteiger charge is -2.20. The van der Waals surface area contributed by atoms with Gasteiger partial charge in [0, 0.05) is 11.6 Å². The van der Waals surface area contributed by atoms with E-state index in [-0.39, 0.29) is 6.54 Å². The molecular weight excluding hydrogens is 340 g/mol. The number of halogens is 1. The zero-order chi connectivity index (χ0) is 17.6. The van der Waals surface area contributed by atoms with Crippen LogP contribution in [0.15, 0.2) is 18.2 Å². The molecule has 0 saturated carbocycles. The Bertz CT molecular complexity index is 647. The molecule has 1 rings (SSSR count). The smallest absolute Gasteiger partial charge is 0.239 e. The van der Waals surface area contributed by atoms with Crippen LogP contribution < -0.4 is 10.1 Å². The van der Waals surface area contributed by atoms with Crippen molar-refractivity contribution in [1.29, 1.82) is 0 Å². The first-order valence-electron chi connectivity index (χ1n) is 7.22. The van der Waals surface area contributed by atoms with Crippen LogP contribution in [0.25, 0.3) is 0 Å². The lowest BCUT2D eigenvalue weighted by atomic mass is 10.1. The number of rotatable bonds is 8. The van der Waals surface area contributed by atoms with Gasteiger partial charge in [-0.2, -0.15) is 4.31 Å². The van der Waals surface area contributed by atoms with Crippen LogP contribution in [0, 0.1) is 5.92 Å². The van der Waals surface area contributed by atoms with Gasteiger partial charge in [-0.3, -0.25) is 4.79 Å². The molecule has 0 aliphatic heterocycles. The number of hydrogen-bond acceptors (Lipinski definition) is 4. The normalized spacial score (nSPS) is 11.8. The molecule has 0 bridgehead atoms. The van der Waals surface area contributed by atoms with Crippen molar-refractivity contribution in [3.8, 4) is 5.75 Å². The van der Waals surface area contributed by atoms with Crippen LogP contribution in [0.2, 0.25) is 5.02 Å². The van der Waals surface area contributed by atoms with E-state index in [9.17, 15) is 13.2 Å².